The molecule has 2 amide bonds. The number of amides is 2. The molecule has 2 heterocycles. The fourth-order valence-corrected chi connectivity index (χ4v) is 4.16. The van der Waals surface area contributed by atoms with Gasteiger partial charge in [-0.15, -0.1) is 0 Å². The van der Waals surface area contributed by atoms with Crippen LogP contribution in [0.15, 0.2) is 42.5 Å². The second-order valence-corrected chi connectivity index (χ2v) is 7.99. The third-order valence-corrected chi connectivity index (χ3v) is 5.77. The number of carbonyl (C=O) groups excluding carboxylic acids is 2. The van der Waals surface area contributed by atoms with Gasteiger partial charge in [-0.05, 0) is 31.4 Å². The van der Waals surface area contributed by atoms with Gasteiger partial charge in [0.2, 0.25) is 5.91 Å². The molecule has 1 fully saturated rings. The molecule has 0 aromatic heterocycles. The van der Waals surface area contributed by atoms with Crippen LogP contribution < -0.4 is 24.4 Å². The number of likely N-dealkylation sites (tertiary alicyclic amines) is 1. The number of nitrogens with one attached hydrogen (secondary N) is 1. The molecular formula is C24H29N3O5. The van der Waals surface area contributed by atoms with Gasteiger partial charge in [-0.2, -0.15) is 0 Å². The van der Waals surface area contributed by atoms with Crippen molar-refractivity contribution in [3.8, 4) is 17.2 Å². The van der Waals surface area contributed by atoms with Crippen LogP contribution in [0.25, 0.3) is 0 Å². The van der Waals surface area contributed by atoms with Crippen LogP contribution in [-0.4, -0.2) is 63.2 Å². The molecule has 8 nitrogen and oxygen atoms in total. The van der Waals surface area contributed by atoms with Gasteiger partial charge in [0.25, 0.3) is 5.91 Å². The lowest BCUT2D eigenvalue weighted by atomic mass is 10.1. The number of rotatable bonds is 6. The number of ether oxygens (including phenoxy) is 3. The third-order valence-electron chi connectivity index (χ3n) is 5.77. The maximum atomic E-state index is 13.1. The highest BCUT2D eigenvalue weighted by molar-refractivity contribution is 5.95. The zero-order valence-corrected chi connectivity index (χ0v) is 18.5. The Morgan fingerprint density at radius 2 is 1.72 bits per heavy atom. The molecule has 32 heavy (non-hydrogen) atoms. The van der Waals surface area contributed by atoms with Crippen molar-refractivity contribution in [3.05, 3.63) is 42.5 Å². The van der Waals surface area contributed by atoms with Crippen molar-refractivity contribution in [1.29, 1.82) is 0 Å². The number of piperidine rings is 1. The Kier molecular flexibility index (Phi) is 6.68. The normalized spacial score (nSPS) is 17.8. The van der Waals surface area contributed by atoms with Crippen LogP contribution in [0.3, 0.4) is 0 Å². The fourth-order valence-electron chi connectivity index (χ4n) is 4.16. The Balaban J connectivity index is 1.49. The van der Waals surface area contributed by atoms with Crippen LogP contribution in [0, 0.1) is 0 Å². The van der Waals surface area contributed by atoms with E-state index in [-0.39, 0.29) is 18.4 Å². The van der Waals surface area contributed by atoms with Gasteiger partial charge in [-0.3, -0.25) is 9.59 Å². The van der Waals surface area contributed by atoms with Crippen molar-refractivity contribution >= 4 is 23.2 Å². The molecule has 0 aliphatic carbocycles. The van der Waals surface area contributed by atoms with Crippen molar-refractivity contribution in [2.45, 2.75) is 25.4 Å². The molecule has 1 N–H and O–H groups in total. The maximum Gasteiger partial charge on any atom is 0.265 e. The smallest absolute Gasteiger partial charge is 0.265 e. The number of methoxy groups -OCH3 is 2. The summed E-state index contributed by atoms with van der Waals surface area (Å²) in [6.07, 6.45) is 2.56. The predicted molar refractivity (Wildman–Crippen MR) is 122 cm³/mol. The number of benzene rings is 2. The molecule has 4 rings (SSSR count). The van der Waals surface area contributed by atoms with E-state index in [9.17, 15) is 9.59 Å². The standard InChI is InChI=1S/C24H29N3O5/c1-30-18-12-17(13-19(14-18)31-2)25-23(28)16-27-15-22(24(29)26-10-6-3-7-11-26)32-21-9-5-4-8-20(21)27/h4-5,8-9,12-14,22H,3,6-7,10-11,15-16H2,1-2H3,(H,25,28). The average Bonchev–Trinajstić information content (AvgIpc) is 2.83. The van der Waals surface area contributed by atoms with E-state index in [0.717, 1.165) is 38.0 Å². The number of hydrogen-bond donors (Lipinski definition) is 1. The monoisotopic (exact) mass is 439 g/mol. The van der Waals surface area contributed by atoms with E-state index in [2.05, 4.69) is 5.32 Å². The number of para-hydroxylation sites is 2. The van der Waals surface area contributed by atoms with Gasteiger partial charge in [0.05, 0.1) is 33.0 Å². The summed E-state index contributed by atoms with van der Waals surface area (Å²) in [5.41, 5.74) is 1.38. The van der Waals surface area contributed by atoms with E-state index in [4.69, 9.17) is 14.2 Å². The van der Waals surface area contributed by atoms with Crippen LogP contribution in [0.1, 0.15) is 19.3 Å². The van der Waals surface area contributed by atoms with Crippen molar-refractivity contribution in [3.63, 3.8) is 0 Å². The van der Waals surface area contributed by atoms with Gasteiger partial charge in [-0.1, -0.05) is 12.1 Å². The molecule has 1 unspecified atom stereocenters. The Labute approximate surface area is 188 Å². The van der Waals surface area contributed by atoms with Crippen molar-refractivity contribution < 1.29 is 23.8 Å². The molecule has 0 radical (unpaired) electrons. The zero-order chi connectivity index (χ0) is 22.5. The van der Waals surface area contributed by atoms with Crippen LogP contribution in [0.5, 0.6) is 17.2 Å². The molecule has 2 aliphatic rings. The maximum absolute atomic E-state index is 13.1. The number of nitrogens with zero attached hydrogens (tertiary/aromatic N) is 2. The largest absolute Gasteiger partial charge is 0.497 e. The lowest BCUT2D eigenvalue weighted by Crippen LogP contribution is -2.52. The summed E-state index contributed by atoms with van der Waals surface area (Å²) >= 11 is 0. The van der Waals surface area contributed by atoms with Crippen LogP contribution in [0.4, 0.5) is 11.4 Å². The van der Waals surface area contributed by atoms with Gasteiger partial charge in [0.15, 0.2) is 6.10 Å². The van der Waals surface area contributed by atoms with Crippen LogP contribution in [0.2, 0.25) is 0 Å². The molecule has 0 bridgehead atoms. The summed E-state index contributed by atoms with van der Waals surface area (Å²) in [6, 6.07) is 12.7. The number of carbonyl (C=O) groups is 2. The molecule has 170 valence electrons. The highest BCUT2D eigenvalue weighted by Crippen LogP contribution is 2.34. The quantitative estimate of drug-likeness (QED) is 0.746. The highest BCUT2D eigenvalue weighted by Gasteiger charge is 2.34. The van der Waals surface area contributed by atoms with Gasteiger partial charge in [0, 0.05) is 37.0 Å². The Bertz CT molecular complexity index is 952. The summed E-state index contributed by atoms with van der Waals surface area (Å²) in [6.45, 7) is 1.93. The Morgan fingerprint density at radius 1 is 1.03 bits per heavy atom. The molecule has 1 atom stereocenters. The van der Waals surface area contributed by atoms with Crippen LogP contribution >= 0.6 is 0 Å². The minimum absolute atomic E-state index is 0.0119. The van der Waals surface area contributed by atoms with Gasteiger partial charge in [-0.25, -0.2) is 0 Å². The molecular weight excluding hydrogens is 410 g/mol. The molecule has 8 heteroatoms. The first-order valence-electron chi connectivity index (χ1n) is 10.9. The van der Waals surface area contributed by atoms with E-state index in [1.165, 1.54) is 0 Å². The van der Waals surface area contributed by atoms with E-state index in [0.29, 0.717) is 29.5 Å². The first kappa shape index (κ1) is 21.8. The van der Waals surface area contributed by atoms with E-state index < -0.39 is 6.10 Å². The van der Waals surface area contributed by atoms with Gasteiger partial charge in [0.1, 0.15) is 17.2 Å². The minimum Gasteiger partial charge on any atom is -0.497 e. The second-order valence-electron chi connectivity index (χ2n) is 7.99. The number of anilines is 2. The molecule has 2 aromatic rings. The summed E-state index contributed by atoms with van der Waals surface area (Å²) in [5, 5.41) is 2.90. The van der Waals surface area contributed by atoms with E-state index in [1.807, 2.05) is 34.1 Å². The van der Waals surface area contributed by atoms with Gasteiger partial charge < -0.3 is 29.3 Å². The third kappa shape index (κ3) is 4.90. The Morgan fingerprint density at radius 3 is 2.41 bits per heavy atom. The summed E-state index contributed by atoms with van der Waals surface area (Å²) in [4.78, 5) is 29.7. The first-order valence-corrected chi connectivity index (χ1v) is 10.9. The SMILES string of the molecule is COc1cc(NC(=O)CN2CC(C(=O)N3CCCCC3)Oc3ccccc32)cc(OC)c1. The molecule has 2 aliphatic heterocycles. The van der Waals surface area contributed by atoms with Crippen molar-refractivity contribution in [2.24, 2.45) is 0 Å². The zero-order valence-electron chi connectivity index (χ0n) is 18.5. The Hall–Kier alpha value is -3.42. The van der Waals surface area contributed by atoms with E-state index in [1.54, 1.807) is 32.4 Å². The van der Waals surface area contributed by atoms with Crippen LogP contribution in [-0.2, 0) is 9.59 Å². The molecule has 0 saturated carbocycles. The molecule has 0 spiro atoms. The van der Waals surface area contributed by atoms with Gasteiger partial charge >= 0.3 is 0 Å². The van der Waals surface area contributed by atoms with Crippen molar-refractivity contribution in [2.75, 3.05) is 50.6 Å². The predicted octanol–water partition coefficient (Wildman–Crippen LogP) is 2.92. The second kappa shape index (κ2) is 9.80. The number of fused-ring (bicyclic) bond motifs is 1. The number of hydrogen-bond acceptors (Lipinski definition) is 6. The minimum atomic E-state index is -0.632. The topological polar surface area (TPSA) is 80.3 Å². The summed E-state index contributed by atoms with van der Waals surface area (Å²) < 4.78 is 16.6. The lowest BCUT2D eigenvalue weighted by molar-refractivity contribution is -0.139. The summed E-state index contributed by atoms with van der Waals surface area (Å²) in [5.74, 6) is 1.57. The first-order chi connectivity index (χ1) is 15.6. The average molecular weight is 440 g/mol. The molecule has 1 saturated heterocycles. The lowest BCUT2D eigenvalue weighted by Gasteiger charge is -2.38. The van der Waals surface area contributed by atoms with E-state index >= 15 is 0 Å². The fraction of sp³-hybridized carbons (Fsp3) is 0.417. The highest BCUT2D eigenvalue weighted by atomic mass is 16.5. The summed E-state index contributed by atoms with van der Waals surface area (Å²) in [7, 11) is 3.12. The van der Waals surface area contributed by atoms with Crippen molar-refractivity contribution in [1.82, 2.24) is 4.90 Å². The molecule has 2 aromatic carbocycles.